The average Bonchev–Trinajstić information content (AvgIpc) is 3.44. The van der Waals surface area contributed by atoms with Crippen LogP contribution in [-0.4, -0.2) is 56.1 Å². The number of likely N-dealkylation sites (tertiary alicyclic amines) is 1. The Morgan fingerprint density at radius 3 is 2.63 bits per heavy atom. The van der Waals surface area contributed by atoms with E-state index < -0.39 is 5.97 Å². The molecule has 2 saturated heterocycles. The molecule has 1 aromatic carbocycles. The fourth-order valence-corrected chi connectivity index (χ4v) is 4.56. The van der Waals surface area contributed by atoms with E-state index in [1.165, 1.54) is 5.56 Å². The molecule has 3 atom stereocenters. The maximum atomic E-state index is 13.5. The molecule has 8 heteroatoms. The summed E-state index contributed by atoms with van der Waals surface area (Å²) in [5, 5.41) is 15.2. The van der Waals surface area contributed by atoms with Crippen LogP contribution in [0.25, 0.3) is 5.65 Å². The number of rotatable bonds is 2. The Kier molecular flexibility index (Phi) is 5.50. The average molecular weight is 407 g/mol. The van der Waals surface area contributed by atoms with Crippen LogP contribution in [-0.2, 0) is 4.79 Å². The summed E-state index contributed by atoms with van der Waals surface area (Å²) in [6.45, 7) is 5.74. The first-order chi connectivity index (χ1) is 14.5. The quantitative estimate of drug-likeness (QED) is 0.675. The van der Waals surface area contributed by atoms with E-state index in [1.54, 1.807) is 16.9 Å². The normalized spacial score (nSPS) is 22.5. The molecule has 0 saturated carbocycles. The molecule has 2 aromatic heterocycles. The monoisotopic (exact) mass is 407 g/mol. The van der Waals surface area contributed by atoms with Crippen molar-refractivity contribution in [3.05, 3.63) is 65.6 Å². The molecular weight excluding hydrogens is 382 g/mol. The summed E-state index contributed by atoms with van der Waals surface area (Å²) in [4.78, 5) is 28.9. The zero-order valence-electron chi connectivity index (χ0n) is 17.0. The van der Waals surface area contributed by atoms with E-state index in [0.29, 0.717) is 17.4 Å². The van der Waals surface area contributed by atoms with E-state index in [-0.39, 0.29) is 11.9 Å². The van der Waals surface area contributed by atoms with Crippen LogP contribution in [0.15, 0.2) is 48.8 Å². The summed E-state index contributed by atoms with van der Waals surface area (Å²) < 4.78 is 1.74. The van der Waals surface area contributed by atoms with Crippen LogP contribution < -0.4 is 5.32 Å². The molecule has 2 aliphatic heterocycles. The number of nitrogens with one attached hydrogen (secondary N) is 1. The van der Waals surface area contributed by atoms with Crippen LogP contribution in [0.1, 0.15) is 34.6 Å². The van der Waals surface area contributed by atoms with Crippen molar-refractivity contribution in [3.63, 3.8) is 0 Å². The molecule has 0 radical (unpaired) electrons. The summed E-state index contributed by atoms with van der Waals surface area (Å²) in [6.07, 6.45) is 3.41. The van der Waals surface area contributed by atoms with Crippen molar-refractivity contribution in [3.8, 4) is 0 Å². The number of hydrogen-bond acceptors (Lipinski definition) is 5. The van der Waals surface area contributed by atoms with Crippen molar-refractivity contribution in [1.29, 1.82) is 0 Å². The zero-order valence-corrected chi connectivity index (χ0v) is 17.0. The van der Waals surface area contributed by atoms with Crippen molar-refractivity contribution in [2.75, 3.05) is 19.6 Å². The molecule has 5 rings (SSSR count). The van der Waals surface area contributed by atoms with Crippen molar-refractivity contribution >= 4 is 17.5 Å². The summed E-state index contributed by atoms with van der Waals surface area (Å²) in [6, 6.07) is 12.3. The number of fused-ring (bicyclic) bond motifs is 2. The lowest BCUT2D eigenvalue weighted by molar-refractivity contribution is -0.134. The van der Waals surface area contributed by atoms with E-state index in [0.717, 1.165) is 37.9 Å². The highest BCUT2D eigenvalue weighted by molar-refractivity contribution is 5.95. The van der Waals surface area contributed by atoms with Gasteiger partial charge in [-0.1, -0.05) is 30.3 Å². The number of carbonyl (C=O) groups excluding carboxylic acids is 1. The van der Waals surface area contributed by atoms with Gasteiger partial charge in [0.1, 0.15) is 0 Å². The van der Waals surface area contributed by atoms with E-state index in [2.05, 4.69) is 39.7 Å². The highest BCUT2D eigenvalue weighted by atomic mass is 16.4. The summed E-state index contributed by atoms with van der Waals surface area (Å²) >= 11 is 0. The molecule has 0 unspecified atom stereocenters. The molecule has 1 amide bonds. The second-order valence-corrected chi connectivity index (χ2v) is 7.77. The Balaban J connectivity index is 0.000000503. The van der Waals surface area contributed by atoms with E-state index >= 15 is 0 Å². The molecule has 2 aliphatic rings. The van der Waals surface area contributed by atoms with Gasteiger partial charge in [-0.15, -0.1) is 0 Å². The van der Waals surface area contributed by atoms with Gasteiger partial charge in [0.05, 0.1) is 23.5 Å². The highest BCUT2D eigenvalue weighted by Crippen LogP contribution is 2.43. The molecule has 0 spiro atoms. The SMILES string of the molecule is CC(=O)O.Cc1c(C(=O)N2C[C@@H]3CNC[C@@H]3[C@H]2c2ccccc2)cnc2ccnn12. The molecule has 0 bridgehead atoms. The molecule has 3 aromatic rings. The van der Waals surface area contributed by atoms with Gasteiger partial charge in [0.2, 0.25) is 0 Å². The van der Waals surface area contributed by atoms with Gasteiger partial charge in [-0.25, -0.2) is 9.50 Å². The third kappa shape index (κ3) is 3.66. The van der Waals surface area contributed by atoms with E-state index in [9.17, 15) is 4.79 Å². The number of hydrogen-bond donors (Lipinski definition) is 2. The number of carboxylic acids is 1. The van der Waals surface area contributed by atoms with Crippen LogP contribution in [0.3, 0.4) is 0 Å². The molecule has 156 valence electrons. The fraction of sp³-hybridized carbons (Fsp3) is 0.364. The van der Waals surface area contributed by atoms with Crippen LogP contribution >= 0.6 is 0 Å². The lowest BCUT2D eigenvalue weighted by Gasteiger charge is -2.29. The first-order valence-electron chi connectivity index (χ1n) is 10.0. The van der Waals surface area contributed by atoms with E-state index in [1.807, 2.05) is 24.0 Å². The number of aromatic nitrogens is 3. The molecule has 2 fully saturated rings. The summed E-state index contributed by atoms with van der Waals surface area (Å²) in [7, 11) is 0. The van der Waals surface area contributed by atoms with Crippen molar-refractivity contribution in [2.24, 2.45) is 11.8 Å². The van der Waals surface area contributed by atoms with Gasteiger partial charge in [-0.2, -0.15) is 5.10 Å². The Hall–Kier alpha value is -3.26. The topological polar surface area (TPSA) is 99.8 Å². The van der Waals surface area contributed by atoms with Crippen LogP contribution in [0.2, 0.25) is 0 Å². The summed E-state index contributed by atoms with van der Waals surface area (Å²) in [5.74, 6) is 0.185. The van der Waals surface area contributed by atoms with Crippen LogP contribution in [0.4, 0.5) is 0 Å². The van der Waals surface area contributed by atoms with Crippen molar-refractivity contribution < 1.29 is 14.7 Å². The third-order valence-electron chi connectivity index (χ3n) is 5.85. The number of amides is 1. The number of carboxylic acid groups (broad SMARTS) is 1. The second kappa shape index (κ2) is 8.23. The Bertz CT molecular complexity index is 1060. The first-order valence-corrected chi connectivity index (χ1v) is 10.0. The van der Waals surface area contributed by atoms with Crippen LogP contribution in [0.5, 0.6) is 0 Å². The second-order valence-electron chi connectivity index (χ2n) is 7.77. The Morgan fingerprint density at radius 2 is 1.90 bits per heavy atom. The van der Waals surface area contributed by atoms with Gasteiger partial charge in [0.15, 0.2) is 5.65 Å². The number of aliphatic carboxylic acids is 1. The lowest BCUT2D eigenvalue weighted by atomic mass is 9.89. The van der Waals surface area contributed by atoms with Gasteiger partial charge >= 0.3 is 0 Å². The van der Waals surface area contributed by atoms with E-state index in [4.69, 9.17) is 9.90 Å². The highest BCUT2D eigenvalue weighted by Gasteiger charge is 2.47. The van der Waals surface area contributed by atoms with Gasteiger partial charge < -0.3 is 15.3 Å². The minimum absolute atomic E-state index is 0.0515. The number of aryl methyl sites for hydroxylation is 1. The molecule has 0 aliphatic carbocycles. The largest absolute Gasteiger partial charge is 0.481 e. The Labute approximate surface area is 174 Å². The maximum absolute atomic E-state index is 13.5. The van der Waals surface area contributed by atoms with Crippen LogP contribution in [0, 0.1) is 18.8 Å². The predicted octanol–water partition coefficient (Wildman–Crippen LogP) is 2.16. The minimum atomic E-state index is -0.833. The van der Waals surface area contributed by atoms with Crippen molar-refractivity contribution in [2.45, 2.75) is 19.9 Å². The standard InChI is InChI=1S/C20H21N5O.C2H4O2/c1-13-16(11-22-18-7-8-23-25(13)18)20(26)24-12-15-9-21-10-17(15)19(24)14-5-3-2-4-6-14;1-2(3)4/h2-8,11,15,17,19,21H,9-10,12H2,1H3;1H3,(H,3,4)/t15-,17-,19+;/m0./s1. The molecule has 8 nitrogen and oxygen atoms in total. The predicted molar refractivity (Wildman–Crippen MR) is 111 cm³/mol. The smallest absolute Gasteiger partial charge is 0.300 e. The number of nitrogens with zero attached hydrogens (tertiary/aromatic N) is 4. The van der Waals surface area contributed by atoms with Gasteiger partial charge in [-0.3, -0.25) is 9.59 Å². The maximum Gasteiger partial charge on any atom is 0.300 e. The number of benzene rings is 1. The lowest BCUT2D eigenvalue weighted by Crippen LogP contribution is -2.35. The molecule has 2 N–H and O–H groups in total. The van der Waals surface area contributed by atoms with Crippen molar-refractivity contribution in [1.82, 2.24) is 24.8 Å². The molecule has 30 heavy (non-hydrogen) atoms. The molecule has 4 heterocycles. The van der Waals surface area contributed by atoms with Gasteiger partial charge in [-0.05, 0) is 18.4 Å². The minimum Gasteiger partial charge on any atom is -0.481 e. The summed E-state index contributed by atoms with van der Waals surface area (Å²) in [5.41, 5.74) is 3.45. The third-order valence-corrected chi connectivity index (χ3v) is 5.85. The zero-order chi connectivity index (χ0) is 21.3. The fourth-order valence-electron chi connectivity index (χ4n) is 4.56. The number of carbonyl (C=O) groups is 2. The first kappa shape index (κ1) is 20.0. The molecular formula is C22H25N5O3. The van der Waals surface area contributed by atoms with Gasteiger partial charge in [0.25, 0.3) is 11.9 Å². The van der Waals surface area contributed by atoms with Gasteiger partial charge in [0, 0.05) is 44.7 Å². The Morgan fingerprint density at radius 1 is 1.17 bits per heavy atom.